The molecule has 31 heavy (non-hydrogen) atoms. The predicted octanol–water partition coefficient (Wildman–Crippen LogP) is 4.20. The summed E-state index contributed by atoms with van der Waals surface area (Å²) in [6.45, 7) is 4.13. The molecule has 0 spiro atoms. The molecule has 1 aliphatic heterocycles. The Hall–Kier alpha value is -3.13. The van der Waals surface area contributed by atoms with Gasteiger partial charge < -0.3 is 10.3 Å². The Morgan fingerprint density at radius 1 is 1.32 bits per heavy atom. The molecule has 158 valence electrons. The Kier molecular flexibility index (Phi) is 4.62. The lowest BCUT2D eigenvalue weighted by atomic mass is 9.99. The number of aromatic nitrogens is 4. The summed E-state index contributed by atoms with van der Waals surface area (Å²) in [5, 5.41) is 4.25. The number of hydrogen-bond acceptors (Lipinski definition) is 8. The van der Waals surface area contributed by atoms with Crippen molar-refractivity contribution >= 4 is 34.6 Å². The first-order valence-corrected chi connectivity index (χ1v) is 10.6. The third-order valence-electron chi connectivity index (χ3n) is 6.04. The molecule has 4 heterocycles. The molecule has 0 bridgehead atoms. The van der Waals surface area contributed by atoms with Crippen molar-refractivity contribution in [3.05, 3.63) is 58.1 Å². The fourth-order valence-electron chi connectivity index (χ4n) is 3.71. The number of carbonyl (C=O) groups is 1. The number of rotatable bonds is 6. The first-order valence-electron chi connectivity index (χ1n) is 10.2. The Morgan fingerprint density at radius 2 is 2.13 bits per heavy atom. The van der Waals surface area contributed by atoms with E-state index in [0.717, 1.165) is 22.8 Å². The van der Waals surface area contributed by atoms with Crippen LogP contribution in [0.4, 0.5) is 11.5 Å². The van der Waals surface area contributed by atoms with Crippen molar-refractivity contribution in [3.63, 3.8) is 0 Å². The van der Waals surface area contributed by atoms with E-state index in [9.17, 15) is 4.79 Å². The van der Waals surface area contributed by atoms with Gasteiger partial charge in [-0.2, -0.15) is 0 Å². The van der Waals surface area contributed by atoms with Gasteiger partial charge in [-0.1, -0.05) is 30.6 Å². The number of ketones is 1. The maximum absolute atomic E-state index is 12.6. The second-order valence-corrected chi connectivity index (χ2v) is 8.90. The summed E-state index contributed by atoms with van der Waals surface area (Å²) in [6.07, 6.45) is 4.37. The van der Waals surface area contributed by atoms with Crippen LogP contribution in [0.3, 0.4) is 0 Å². The molecule has 0 aromatic carbocycles. The third-order valence-corrected chi connectivity index (χ3v) is 6.41. The van der Waals surface area contributed by atoms with Crippen LogP contribution in [0.2, 0.25) is 5.02 Å². The van der Waals surface area contributed by atoms with E-state index < -0.39 is 0 Å². The number of aliphatic imine (C=N–C) groups is 1. The van der Waals surface area contributed by atoms with Gasteiger partial charge in [0.15, 0.2) is 5.78 Å². The van der Waals surface area contributed by atoms with Crippen molar-refractivity contribution in [1.82, 2.24) is 20.1 Å². The zero-order valence-electron chi connectivity index (χ0n) is 17.2. The standard InChI is InChI=1S/C22H21ClN6O2/c1-11(7-16(30)20-19(23)21(24)26-10-25-20)17-9-15(29-31-17)14-8-13-12(27-14)3-4-18(28-13)22(2)5-6-22/h3-4,9-11H,5-8H2,1-2H3,(H2,24,25,26)/t11-/m0/s1. The fraction of sp³-hybridized carbons (Fsp3) is 0.364. The highest BCUT2D eigenvalue weighted by molar-refractivity contribution is 6.35. The van der Waals surface area contributed by atoms with Crippen LogP contribution in [0.15, 0.2) is 34.0 Å². The second kappa shape index (κ2) is 7.23. The molecule has 0 unspecified atom stereocenters. The first-order chi connectivity index (χ1) is 14.8. The highest BCUT2D eigenvalue weighted by Crippen LogP contribution is 2.47. The molecule has 5 rings (SSSR count). The summed E-state index contributed by atoms with van der Waals surface area (Å²) in [7, 11) is 0. The highest BCUT2D eigenvalue weighted by Gasteiger charge is 2.41. The van der Waals surface area contributed by atoms with Crippen molar-refractivity contribution in [2.24, 2.45) is 4.99 Å². The Morgan fingerprint density at radius 3 is 2.90 bits per heavy atom. The molecule has 9 heteroatoms. The van der Waals surface area contributed by atoms with Crippen molar-refractivity contribution in [2.75, 3.05) is 5.73 Å². The quantitative estimate of drug-likeness (QED) is 0.574. The Labute approximate surface area is 184 Å². The first kappa shape index (κ1) is 19.8. The maximum atomic E-state index is 12.6. The van der Waals surface area contributed by atoms with Crippen molar-refractivity contribution in [1.29, 1.82) is 0 Å². The average Bonchev–Trinajstić information content (AvgIpc) is 3.17. The van der Waals surface area contributed by atoms with Gasteiger partial charge in [-0.05, 0) is 25.0 Å². The summed E-state index contributed by atoms with van der Waals surface area (Å²) >= 11 is 6.07. The molecule has 2 N–H and O–H groups in total. The lowest BCUT2D eigenvalue weighted by molar-refractivity contribution is 0.0967. The van der Waals surface area contributed by atoms with Crippen LogP contribution in [0, 0.1) is 0 Å². The van der Waals surface area contributed by atoms with Gasteiger partial charge in [-0.25, -0.2) is 15.0 Å². The van der Waals surface area contributed by atoms with Gasteiger partial charge in [0.2, 0.25) is 0 Å². The number of pyridine rings is 1. The molecule has 1 atom stereocenters. The van der Waals surface area contributed by atoms with Crippen molar-refractivity contribution in [3.8, 4) is 0 Å². The second-order valence-electron chi connectivity index (χ2n) is 8.52. The molecule has 0 radical (unpaired) electrons. The Bertz CT molecular complexity index is 1230. The van der Waals surface area contributed by atoms with Crippen LogP contribution in [-0.2, 0) is 11.8 Å². The Balaban J connectivity index is 1.30. The molecule has 1 aliphatic carbocycles. The van der Waals surface area contributed by atoms with Crippen molar-refractivity contribution < 1.29 is 9.32 Å². The number of carbonyl (C=O) groups excluding carboxylic acids is 1. The van der Waals surface area contributed by atoms with E-state index >= 15 is 0 Å². The largest absolute Gasteiger partial charge is 0.382 e. The number of halogens is 1. The molecule has 8 nitrogen and oxygen atoms in total. The van der Waals surface area contributed by atoms with Crippen LogP contribution < -0.4 is 5.73 Å². The molecule has 3 aromatic heterocycles. The van der Waals surface area contributed by atoms with Gasteiger partial charge in [0.25, 0.3) is 0 Å². The normalized spacial score (nSPS) is 17.2. The zero-order chi connectivity index (χ0) is 21.8. The van der Waals surface area contributed by atoms with E-state index in [-0.39, 0.29) is 40.1 Å². The SMILES string of the molecule is C[C@@H](CC(=O)c1ncnc(N)c1Cl)c1cc(C2=Nc3ccc(C4(C)CC4)nc3C2)no1. The van der Waals surface area contributed by atoms with Crippen LogP contribution in [0.1, 0.15) is 72.4 Å². The minimum absolute atomic E-state index is 0.0722. The molecular formula is C22H21ClN6O2. The zero-order valence-corrected chi connectivity index (χ0v) is 18.0. The minimum Gasteiger partial charge on any atom is -0.382 e. The number of hydrogen-bond donors (Lipinski definition) is 1. The smallest absolute Gasteiger partial charge is 0.183 e. The van der Waals surface area contributed by atoms with Crippen LogP contribution in [-0.4, -0.2) is 31.6 Å². The molecule has 1 fully saturated rings. The van der Waals surface area contributed by atoms with Crippen LogP contribution in [0.5, 0.6) is 0 Å². The molecule has 3 aromatic rings. The van der Waals surface area contributed by atoms with E-state index in [1.54, 1.807) is 0 Å². The number of nitrogen functional groups attached to an aromatic ring is 1. The maximum Gasteiger partial charge on any atom is 0.183 e. The number of Topliss-reactive ketones (excluding diaryl/α,β-unsaturated/α-hetero) is 1. The van der Waals surface area contributed by atoms with Crippen LogP contribution >= 0.6 is 11.6 Å². The lowest BCUT2D eigenvalue weighted by Crippen LogP contribution is -2.09. The number of anilines is 1. The highest BCUT2D eigenvalue weighted by atomic mass is 35.5. The summed E-state index contributed by atoms with van der Waals surface area (Å²) in [5.41, 5.74) is 10.5. The van der Waals surface area contributed by atoms with E-state index in [1.807, 2.05) is 19.1 Å². The van der Waals surface area contributed by atoms with Gasteiger partial charge >= 0.3 is 0 Å². The van der Waals surface area contributed by atoms with E-state index in [0.29, 0.717) is 17.9 Å². The van der Waals surface area contributed by atoms with E-state index in [2.05, 4.69) is 33.1 Å². The van der Waals surface area contributed by atoms with Gasteiger partial charge in [0, 0.05) is 35.9 Å². The molecule has 0 saturated heterocycles. The summed E-state index contributed by atoms with van der Waals surface area (Å²) in [6, 6.07) is 5.95. The minimum atomic E-state index is -0.236. The summed E-state index contributed by atoms with van der Waals surface area (Å²) < 4.78 is 5.52. The topological polar surface area (TPSA) is 120 Å². The number of nitrogens with zero attached hydrogens (tertiary/aromatic N) is 5. The predicted molar refractivity (Wildman–Crippen MR) is 116 cm³/mol. The van der Waals surface area contributed by atoms with Crippen molar-refractivity contribution in [2.45, 2.75) is 50.9 Å². The van der Waals surface area contributed by atoms with E-state index in [1.165, 1.54) is 19.2 Å². The van der Waals surface area contributed by atoms with Gasteiger partial charge in [0.05, 0.1) is 17.1 Å². The number of nitrogens with two attached hydrogens (primary N) is 1. The van der Waals surface area contributed by atoms with E-state index in [4.69, 9.17) is 26.8 Å². The van der Waals surface area contributed by atoms with Gasteiger partial charge in [0.1, 0.15) is 34.3 Å². The molecular weight excluding hydrogens is 416 g/mol. The molecule has 2 aliphatic rings. The third kappa shape index (κ3) is 3.61. The lowest BCUT2D eigenvalue weighted by Gasteiger charge is -2.08. The van der Waals surface area contributed by atoms with Gasteiger partial charge in [-0.15, -0.1) is 0 Å². The molecule has 0 amide bonds. The van der Waals surface area contributed by atoms with Crippen LogP contribution in [0.25, 0.3) is 0 Å². The summed E-state index contributed by atoms with van der Waals surface area (Å²) in [5.74, 6) is 0.227. The summed E-state index contributed by atoms with van der Waals surface area (Å²) in [4.78, 5) is 29.9. The monoisotopic (exact) mass is 436 g/mol. The molecule has 1 saturated carbocycles. The van der Waals surface area contributed by atoms with Gasteiger partial charge in [-0.3, -0.25) is 9.78 Å². The average molecular weight is 437 g/mol. The fourth-order valence-corrected chi connectivity index (χ4v) is 3.91. The number of fused-ring (bicyclic) bond motifs is 1.